The van der Waals surface area contributed by atoms with Crippen LogP contribution in [0.25, 0.3) is 0 Å². The van der Waals surface area contributed by atoms with Gasteiger partial charge < -0.3 is 20.6 Å². The molecule has 0 aromatic heterocycles. The standard InChI is InChI=1S/C16H17N3O5/c1-2-3-7-16(18-19-16)8-6-13(22)17-14(15(23)24)10-4-5-11(20)12(21)9-10/h1,4-5,9,14,20-21H,3,6-8H2,(H,17,22)(H,23,24). The fourth-order valence-electron chi connectivity index (χ4n) is 2.22. The summed E-state index contributed by atoms with van der Waals surface area (Å²) in [5.41, 5.74) is -0.465. The molecule has 1 aliphatic rings. The molecule has 1 aromatic carbocycles. The Labute approximate surface area is 138 Å². The van der Waals surface area contributed by atoms with Crippen molar-refractivity contribution >= 4 is 11.9 Å². The quantitative estimate of drug-likeness (QED) is 0.425. The molecule has 8 heteroatoms. The predicted octanol–water partition coefficient (Wildman–Crippen LogP) is 1.70. The molecule has 1 aliphatic heterocycles. The monoisotopic (exact) mass is 331 g/mol. The van der Waals surface area contributed by atoms with E-state index in [-0.39, 0.29) is 17.7 Å². The molecule has 1 amide bonds. The van der Waals surface area contributed by atoms with Crippen LogP contribution in [0.3, 0.4) is 0 Å². The first kappa shape index (κ1) is 17.3. The zero-order valence-corrected chi connectivity index (χ0v) is 12.8. The Morgan fingerprint density at radius 3 is 2.50 bits per heavy atom. The second kappa shape index (κ2) is 7.00. The van der Waals surface area contributed by atoms with Crippen LogP contribution in [-0.2, 0) is 9.59 Å². The number of aromatic hydroxyl groups is 2. The average molecular weight is 331 g/mol. The van der Waals surface area contributed by atoms with Gasteiger partial charge in [0.1, 0.15) is 0 Å². The predicted molar refractivity (Wildman–Crippen MR) is 83.2 cm³/mol. The number of carboxylic acid groups (broad SMARTS) is 1. The van der Waals surface area contributed by atoms with E-state index < -0.39 is 29.3 Å². The largest absolute Gasteiger partial charge is 0.504 e. The third-order valence-corrected chi connectivity index (χ3v) is 3.69. The molecular weight excluding hydrogens is 314 g/mol. The summed E-state index contributed by atoms with van der Waals surface area (Å²) in [5, 5.41) is 38.2. The van der Waals surface area contributed by atoms with Gasteiger partial charge in [-0.1, -0.05) is 6.07 Å². The van der Waals surface area contributed by atoms with Crippen LogP contribution in [0.2, 0.25) is 0 Å². The Balaban J connectivity index is 1.95. The molecule has 1 unspecified atom stereocenters. The third-order valence-electron chi connectivity index (χ3n) is 3.69. The molecule has 0 fully saturated rings. The smallest absolute Gasteiger partial charge is 0.330 e. The molecule has 4 N–H and O–H groups in total. The number of carbonyl (C=O) groups excluding carboxylic acids is 1. The van der Waals surface area contributed by atoms with Gasteiger partial charge in [-0.25, -0.2) is 4.79 Å². The molecule has 0 saturated heterocycles. The minimum Gasteiger partial charge on any atom is -0.504 e. The average Bonchev–Trinajstić information content (AvgIpc) is 3.32. The van der Waals surface area contributed by atoms with E-state index in [2.05, 4.69) is 21.5 Å². The van der Waals surface area contributed by atoms with Crippen molar-refractivity contribution in [3.8, 4) is 23.8 Å². The molecule has 126 valence electrons. The molecule has 0 saturated carbocycles. The molecule has 2 rings (SSSR count). The van der Waals surface area contributed by atoms with Gasteiger partial charge in [0.15, 0.2) is 23.2 Å². The number of terminal acetylenes is 1. The molecule has 24 heavy (non-hydrogen) atoms. The van der Waals surface area contributed by atoms with Gasteiger partial charge in [0, 0.05) is 25.7 Å². The summed E-state index contributed by atoms with van der Waals surface area (Å²) >= 11 is 0. The number of rotatable bonds is 8. The Morgan fingerprint density at radius 1 is 1.25 bits per heavy atom. The number of phenols is 2. The van der Waals surface area contributed by atoms with Crippen LogP contribution in [-0.4, -0.2) is 32.9 Å². The number of nitrogens with one attached hydrogen (secondary N) is 1. The molecule has 0 bridgehead atoms. The number of carboxylic acids is 1. The first-order valence-corrected chi connectivity index (χ1v) is 7.28. The minimum atomic E-state index is -1.33. The summed E-state index contributed by atoms with van der Waals surface area (Å²) in [5.74, 6) is -0.108. The summed E-state index contributed by atoms with van der Waals surface area (Å²) in [7, 11) is 0. The van der Waals surface area contributed by atoms with Gasteiger partial charge in [-0.2, -0.15) is 10.2 Å². The maximum absolute atomic E-state index is 12.0. The van der Waals surface area contributed by atoms with Gasteiger partial charge in [-0.05, 0) is 17.7 Å². The highest BCUT2D eigenvalue weighted by Crippen LogP contribution is 2.37. The normalized spacial score (nSPS) is 15.3. The summed E-state index contributed by atoms with van der Waals surface area (Å²) in [6, 6.07) is 2.23. The van der Waals surface area contributed by atoms with E-state index in [9.17, 15) is 24.9 Å². The third kappa shape index (κ3) is 4.23. The van der Waals surface area contributed by atoms with Crippen LogP contribution in [0.4, 0.5) is 0 Å². The topological polar surface area (TPSA) is 132 Å². The van der Waals surface area contributed by atoms with E-state index in [0.29, 0.717) is 19.3 Å². The zero-order valence-electron chi connectivity index (χ0n) is 12.8. The van der Waals surface area contributed by atoms with Gasteiger partial charge in [0.2, 0.25) is 5.91 Å². The highest BCUT2D eigenvalue weighted by molar-refractivity contribution is 5.84. The highest BCUT2D eigenvalue weighted by Gasteiger charge is 2.39. The second-order valence-corrected chi connectivity index (χ2v) is 5.47. The highest BCUT2D eigenvalue weighted by atomic mass is 16.4. The Kier molecular flexibility index (Phi) is 5.04. The van der Waals surface area contributed by atoms with E-state index in [4.69, 9.17) is 6.42 Å². The van der Waals surface area contributed by atoms with Crippen molar-refractivity contribution in [1.82, 2.24) is 5.32 Å². The van der Waals surface area contributed by atoms with E-state index in [1.807, 2.05) is 0 Å². The molecule has 0 radical (unpaired) electrons. The maximum atomic E-state index is 12.0. The lowest BCUT2D eigenvalue weighted by molar-refractivity contribution is -0.142. The van der Waals surface area contributed by atoms with Gasteiger partial charge in [0.05, 0.1) is 0 Å². The van der Waals surface area contributed by atoms with E-state index >= 15 is 0 Å². The SMILES string of the molecule is C#CCCC1(CCC(=O)NC(C(=O)O)c2ccc(O)c(O)c2)N=N1. The van der Waals surface area contributed by atoms with Crippen LogP contribution in [0.15, 0.2) is 28.4 Å². The van der Waals surface area contributed by atoms with Crippen LogP contribution in [0, 0.1) is 12.3 Å². The number of amides is 1. The summed E-state index contributed by atoms with van der Waals surface area (Å²) < 4.78 is 0. The van der Waals surface area contributed by atoms with Crippen molar-refractivity contribution in [2.24, 2.45) is 10.2 Å². The molecule has 0 aliphatic carbocycles. The van der Waals surface area contributed by atoms with Crippen LogP contribution >= 0.6 is 0 Å². The number of phenolic OH excluding ortho intramolecular Hbond substituents is 2. The first-order valence-electron chi connectivity index (χ1n) is 7.28. The number of benzene rings is 1. The summed E-state index contributed by atoms with van der Waals surface area (Å²) in [6.45, 7) is 0. The van der Waals surface area contributed by atoms with Crippen LogP contribution < -0.4 is 5.32 Å². The van der Waals surface area contributed by atoms with Crippen molar-refractivity contribution in [2.75, 3.05) is 0 Å². The lowest BCUT2D eigenvalue weighted by atomic mass is 10.0. The van der Waals surface area contributed by atoms with E-state index in [0.717, 1.165) is 12.1 Å². The van der Waals surface area contributed by atoms with Gasteiger partial charge in [-0.15, -0.1) is 12.3 Å². The minimum absolute atomic E-state index is 0.0470. The van der Waals surface area contributed by atoms with Crippen LogP contribution in [0.1, 0.15) is 37.3 Å². The number of carbonyl (C=O) groups is 2. The summed E-state index contributed by atoms with van der Waals surface area (Å²) in [6.07, 6.45) is 6.65. The van der Waals surface area contributed by atoms with Gasteiger partial charge >= 0.3 is 5.97 Å². The lowest BCUT2D eigenvalue weighted by Gasteiger charge is -2.16. The number of hydrogen-bond donors (Lipinski definition) is 4. The second-order valence-electron chi connectivity index (χ2n) is 5.47. The van der Waals surface area contributed by atoms with E-state index in [1.165, 1.54) is 6.07 Å². The fraction of sp³-hybridized carbons (Fsp3) is 0.375. The van der Waals surface area contributed by atoms with Crippen molar-refractivity contribution in [3.63, 3.8) is 0 Å². The Morgan fingerprint density at radius 2 is 1.96 bits per heavy atom. The molecular formula is C16H17N3O5. The van der Waals surface area contributed by atoms with Gasteiger partial charge in [0.25, 0.3) is 0 Å². The number of aliphatic carboxylic acids is 1. The molecule has 1 aromatic rings. The van der Waals surface area contributed by atoms with Crippen molar-refractivity contribution in [2.45, 2.75) is 37.4 Å². The first-order chi connectivity index (χ1) is 11.4. The van der Waals surface area contributed by atoms with Crippen LogP contribution in [0.5, 0.6) is 11.5 Å². The van der Waals surface area contributed by atoms with Crippen molar-refractivity contribution in [3.05, 3.63) is 23.8 Å². The lowest BCUT2D eigenvalue weighted by Crippen LogP contribution is -2.34. The maximum Gasteiger partial charge on any atom is 0.330 e. The number of hydrogen-bond acceptors (Lipinski definition) is 6. The Hall–Kier alpha value is -3.08. The zero-order chi connectivity index (χ0) is 17.7. The molecule has 1 heterocycles. The summed E-state index contributed by atoms with van der Waals surface area (Å²) in [4.78, 5) is 23.4. The van der Waals surface area contributed by atoms with Crippen molar-refractivity contribution in [1.29, 1.82) is 0 Å². The Bertz CT molecular complexity index is 717. The number of nitrogens with zero attached hydrogens (tertiary/aromatic N) is 2. The molecule has 8 nitrogen and oxygen atoms in total. The molecule has 0 spiro atoms. The van der Waals surface area contributed by atoms with Crippen molar-refractivity contribution < 1.29 is 24.9 Å². The van der Waals surface area contributed by atoms with Gasteiger partial charge in [-0.3, -0.25) is 4.79 Å². The fourth-order valence-corrected chi connectivity index (χ4v) is 2.22. The molecule has 1 atom stereocenters. The van der Waals surface area contributed by atoms with E-state index in [1.54, 1.807) is 0 Å².